The number of thiocarbonyl (C=S) groups is 1. The van der Waals surface area contributed by atoms with Crippen molar-refractivity contribution in [2.45, 2.75) is 26.3 Å². The first-order valence-corrected chi connectivity index (χ1v) is 7.63. The van der Waals surface area contributed by atoms with Crippen molar-refractivity contribution >= 4 is 23.0 Å². The van der Waals surface area contributed by atoms with Crippen molar-refractivity contribution in [1.82, 2.24) is 5.32 Å². The maximum absolute atomic E-state index is 8.77. The van der Waals surface area contributed by atoms with E-state index in [1.807, 2.05) is 24.3 Å². The lowest BCUT2D eigenvalue weighted by Gasteiger charge is -2.12. The van der Waals surface area contributed by atoms with Crippen LogP contribution in [0, 0.1) is 11.3 Å². The molecule has 0 unspecified atom stereocenters. The van der Waals surface area contributed by atoms with E-state index < -0.39 is 0 Å². The van der Waals surface area contributed by atoms with Gasteiger partial charge in [-0.15, -0.1) is 0 Å². The third-order valence-corrected chi connectivity index (χ3v) is 3.62. The van der Waals surface area contributed by atoms with E-state index >= 15 is 0 Å². The fraction of sp³-hybridized carbons (Fsp3) is 0.222. The third-order valence-electron chi connectivity index (χ3n) is 3.37. The van der Waals surface area contributed by atoms with Gasteiger partial charge in [0.25, 0.3) is 0 Å². The van der Waals surface area contributed by atoms with Gasteiger partial charge in [0, 0.05) is 12.2 Å². The molecule has 0 aliphatic carbocycles. The number of rotatable bonds is 4. The van der Waals surface area contributed by atoms with E-state index in [0.29, 0.717) is 23.1 Å². The number of hydrogen-bond donors (Lipinski definition) is 2. The summed E-state index contributed by atoms with van der Waals surface area (Å²) in [6, 6.07) is 17.8. The average molecular weight is 309 g/mol. The Morgan fingerprint density at radius 3 is 2.27 bits per heavy atom. The maximum atomic E-state index is 8.77. The standard InChI is InChI=1S/C18H19N3S/c1-13(2)16-7-9-17(10-8-16)21-18(22)20-12-15-5-3-14(11-19)4-6-15/h3-10,13H,12H2,1-2H3,(H2,20,21,22). The van der Waals surface area contributed by atoms with E-state index in [1.165, 1.54) is 5.56 Å². The monoisotopic (exact) mass is 309 g/mol. The quantitative estimate of drug-likeness (QED) is 0.832. The summed E-state index contributed by atoms with van der Waals surface area (Å²) in [5.74, 6) is 0.524. The SMILES string of the molecule is CC(C)c1ccc(NC(=S)NCc2ccc(C#N)cc2)cc1. The number of hydrogen-bond acceptors (Lipinski definition) is 2. The molecule has 0 aliphatic rings. The Hall–Kier alpha value is -2.38. The Labute approximate surface area is 137 Å². The van der Waals surface area contributed by atoms with Crippen LogP contribution in [0.5, 0.6) is 0 Å². The summed E-state index contributed by atoms with van der Waals surface area (Å²) in [4.78, 5) is 0. The Kier molecular flexibility index (Phi) is 5.51. The van der Waals surface area contributed by atoms with Gasteiger partial charge >= 0.3 is 0 Å². The van der Waals surface area contributed by atoms with Crippen LogP contribution < -0.4 is 10.6 Å². The average Bonchev–Trinajstić information content (AvgIpc) is 2.54. The zero-order valence-corrected chi connectivity index (χ0v) is 13.6. The largest absolute Gasteiger partial charge is 0.358 e. The Morgan fingerprint density at radius 2 is 1.73 bits per heavy atom. The molecule has 2 N–H and O–H groups in total. The second kappa shape index (κ2) is 7.58. The number of nitrogens with one attached hydrogen (secondary N) is 2. The van der Waals surface area contributed by atoms with Crippen LogP contribution >= 0.6 is 12.2 Å². The third kappa shape index (κ3) is 4.57. The highest BCUT2D eigenvalue weighted by Gasteiger charge is 2.01. The minimum absolute atomic E-state index is 0.524. The first-order valence-electron chi connectivity index (χ1n) is 7.22. The Balaban J connectivity index is 1.85. The normalized spacial score (nSPS) is 10.1. The van der Waals surface area contributed by atoms with Crippen molar-refractivity contribution in [2.24, 2.45) is 0 Å². The predicted molar refractivity (Wildman–Crippen MR) is 94.7 cm³/mol. The van der Waals surface area contributed by atoms with Crippen LogP contribution in [0.2, 0.25) is 0 Å². The molecule has 4 heteroatoms. The second-order valence-electron chi connectivity index (χ2n) is 5.39. The van der Waals surface area contributed by atoms with Gasteiger partial charge in [0.1, 0.15) is 0 Å². The molecule has 0 aliphatic heterocycles. The molecule has 0 heterocycles. The van der Waals surface area contributed by atoms with Crippen molar-refractivity contribution in [3.8, 4) is 6.07 Å². The fourth-order valence-corrected chi connectivity index (χ4v) is 2.20. The van der Waals surface area contributed by atoms with Gasteiger partial charge in [0.05, 0.1) is 11.6 Å². The minimum Gasteiger partial charge on any atom is -0.358 e. The molecule has 0 amide bonds. The first-order chi connectivity index (χ1) is 10.6. The van der Waals surface area contributed by atoms with Gasteiger partial charge in [0.2, 0.25) is 0 Å². The Morgan fingerprint density at radius 1 is 1.09 bits per heavy atom. The molecule has 0 spiro atoms. The highest BCUT2D eigenvalue weighted by atomic mass is 32.1. The van der Waals surface area contributed by atoms with Gasteiger partial charge in [-0.1, -0.05) is 38.1 Å². The molecule has 0 saturated heterocycles. The molecule has 2 rings (SSSR count). The van der Waals surface area contributed by atoms with Crippen LogP contribution in [-0.2, 0) is 6.54 Å². The van der Waals surface area contributed by atoms with Gasteiger partial charge in [-0.2, -0.15) is 5.26 Å². The van der Waals surface area contributed by atoms with E-state index in [-0.39, 0.29) is 0 Å². The predicted octanol–water partition coefficient (Wildman–Crippen LogP) is 4.17. The summed E-state index contributed by atoms with van der Waals surface area (Å²) in [5, 5.41) is 15.7. The van der Waals surface area contributed by atoms with E-state index in [1.54, 1.807) is 12.1 Å². The van der Waals surface area contributed by atoms with Gasteiger partial charge in [-0.25, -0.2) is 0 Å². The summed E-state index contributed by atoms with van der Waals surface area (Å²) < 4.78 is 0. The number of anilines is 1. The first kappa shape index (κ1) is 16.0. The van der Waals surface area contributed by atoms with Crippen molar-refractivity contribution < 1.29 is 0 Å². The lowest BCUT2D eigenvalue weighted by molar-refractivity contribution is 0.867. The fourth-order valence-electron chi connectivity index (χ4n) is 2.01. The van der Waals surface area contributed by atoms with Crippen LogP contribution in [0.3, 0.4) is 0 Å². The van der Waals surface area contributed by atoms with E-state index in [4.69, 9.17) is 17.5 Å². The van der Waals surface area contributed by atoms with Crippen LogP contribution in [0.1, 0.15) is 36.5 Å². The Bertz CT molecular complexity index is 667. The zero-order valence-electron chi connectivity index (χ0n) is 12.8. The molecule has 2 aromatic carbocycles. The van der Waals surface area contributed by atoms with Crippen LogP contribution in [-0.4, -0.2) is 5.11 Å². The molecule has 0 atom stereocenters. The lowest BCUT2D eigenvalue weighted by Crippen LogP contribution is -2.27. The minimum atomic E-state index is 0.524. The van der Waals surface area contributed by atoms with E-state index in [2.05, 4.69) is 42.7 Å². The maximum Gasteiger partial charge on any atom is 0.171 e. The lowest BCUT2D eigenvalue weighted by atomic mass is 10.0. The van der Waals surface area contributed by atoms with Gasteiger partial charge in [0.15, 0.2) is 5.11 Å². The molecular weight excluding hydrogens is 290 g/mol. The van der Waals surface area contributed by atoms with Crippen molar-refractivity contribution in [2.75, 3.05) is 5.32 Å². The number of benzene rings is 2. The molecule has 112 valence electrons. The topological polar surface area (TPSA) is 47.8 Å². The molecule has 2 aromatic rings. The summed E-state index contributed by atoms with van der Waals surface area (Å²) in [6.07, 6.45) is 0. The number of nitrogens with zero attached hydrogens (tertiary/aromatic N) is 1. The molecule has 0 saturated carbocycles. The summed E-state index contributed by atoms with van der Waals surface area (Å²) in [5.41, 5.74) is 4.02. The van der Waals surface area contributed by atoms with Crippen molar-refractivity contribution in [1.29, 1.82) is 5.26 Å². The molecular formula is C18H19N3S. The molecule has 0 radical (unpaired) electrons. The van der Waals surface area contributed by atoms with Crippen LogP contribution in [0.4, 0.5) is 5.69 Å². The van der Waals surface area contributed by atoms with Crippen molar-refractivity contribution in [3.05, 3.63) is 65.2 Å². The zero-order chi connectivity index (χ0) is 15.9. The molecule has 0 aromatic heterocycles. The van der Waals surface area contributed by atoms with Gasteiger partial charge in [-0.05, 0) is 53.5 Å². The highest BCUT2D eigenvalue weighted by Crippen LogP contribution is 2.17. The molecule has 0 bridgehead atoms. The van der Waals surface area contributed by atoms with E-state index in [9.17, 15) is 0 Å². The summed E-state index contributed by atoms with van der Waals surface area (Å²) >= 11 is 5.29. The summed E-state index contributed by atoms with van der Waals surface area (Å²) in [6.45, 7) is 4.97. The molecule has 0 fully saturated rings. The van der Waals surface area contributed by atoms with Gasteiger partial charge in [-0.3, -0.25) is 0 Å². The molecule has 22 heavy (non-hydrogen) atoms. The van der Waals surface area contributed by atoms with Gasteiger partial charge < -0.3 is 10.6 Å². The smallest absolute Gasteiger partial charge is 0.171 e. The summed E-state index contributed by atoms with van der Waals surface area (Å²) in [7, 11) is 0. The van der Waals surface area contributed by atoms with Crippen LogP contribution in [0.15, 0.2) is 48.5 Å². The van der Waals surface area contributed by atoms with E-state index in [0.717, 1.165) is 11.3 Å². The van der Waals surface area contributed by atoms with Crippen LogP contribution in [0.25, 0.3) is 0 Å². The van der Waals surface area contributed by atoms with Crippen molar-refractivity contribution in [3.63, 3.8) is 0 Å². The molecule has 3 nitrogen and oxygen atoms in total. The highest BCUT2D eigenvalue weighted by molar-refractivity contribution is 7.80. The number of nitriles is 1. The second-order valence-corrected chi connectivity index (χ2v) is 5.80.